The van der Waals surface area contributed by atoms with Gasteiger partial charge in [0.1, 0.15) is 0 Å². The van der Waals surface area contributed by atoms with E-state index in [4.69, 9.17) is 0 Å². The van der Waals surface area contributed by atoms with Crippen LogP contribution in [0.3, 0.4) is 0 Å². The molecule has 1 fully saturated rings. The highest BCUT2D eigenvalue weighted by atomic mass is 79.9. The van der Waals surface area contributed by atoms with Crippen molar-refractivity contribution < 1.29 is 5.11 Å². The van der Waals surface area contributed by atoms with Crippen LogP contribution in [0.4, 0.5) is 0 Å². The molecular weight excluding hydrogens is 304 g/mol. The van der Waals surface area contributed by atoms with Gasteiger partial charge in [0, 0.05) is 43.7 Å². The Morgan fingerprint density at radius 3 is 2.37 bits per heavy atom. The van der Waals surface area contributed by atoms with Crippen molar-refractivity contribution in [2.24, 2.45) is 0 Å². The first-order chi connectivity index (χ1) is 8.92. The van der Waals surface area contributed by atoms with Gasteiger partial charge in [0.15, 0.2) is 0 Å². The summed E-state index contributed by atoms with van der Waals surface area (Å²) in [7, 11) is 0. The van der Waals surface area contributed by atoms with Gasteiger partial charge in [-0.15, -0.1) is 0 Å². The molecule has 0 bridgehead atoms. The van der Waals surface area contributed by atoms with Gasteiger partial charge in [0.2, 0.25) is 0 Å². The molecule has 0 aromatic heterocycles. The van der Waals surface area contributed by atoms with Crippen LogP contribution in [0.25, 0.3) is 0 Å². The van der Waals surface area contributed by atoms with Crippen LogP contribution in [0.15, 0.2) is 28.7 Å². The van der Waals surface area contributed by atoms with E-state index in [1.807, 2.05) is 13.8 Å². The van der Waals surface area contributed by atoms with Gasteiger partial charge in [-0.1, -0.05) is 28.1 Å². The Kier molecular flexibility index (Phi) is 5.01. The third-order valence-corrected chi connectivity index (χ3v) is 3.86. The summed E-state index contributed by atoms with van der Waals surface area (Å²) in [4.78, 5) is 4.82. The largest absolute Gasteiger partial charge is 0.389 e. The molecule has 0 unspecified atom stereocenters. The molecule has 1 aromatic rings. The molecule has 0 atom stereocenters. The molecule has 19 heavy (non-hydrogen) atoms. The number of benzene rings is 1. The fraction of sp³-hybridized carbons (Fsp3) is 0.600. The number of hydrogen-bond donors (Lipinski definition) is 1. The van der Waals surface area contributed by atoms with Crippen LogP contribution in [0.1, 0.15) is 19.4 Å². The Hall–Kier alpha value is -0.420. The van der Waals surface area contributed by atoms with Gasteiger partial charge in [-0.05, 0) is 31.5 Å². The monoisotopic (exact) mass is 326 g/mol. The zero-order valence-corrected chi connectivity index (χ0v) is 13.4. The molecule has 3 nitrogen and oxygen atoms in total. The Bertz CT molecular complexity index is 409. The molecule has 1 aliphatic rings. The second-order valence-corrected chi connectivity index (χ2v) is 6.91. The summed E-state index contributed by atoms with van der Waals surface area (Å²) in [5.41, 5.74) is 0.761. The quantitative estimate of drug-likeness (QED) is 0.920. The lowest BCUT2D eigenvalue weighted by Gasteiger charge is -2.37. The van der Waals surface area contributed by atoms with Gasteiger partial charge in [0.05, 0.1) is 5.60 Å². The summed E-state index contributed by atoms with van der Waals surface area (Å²) < 4.78 is 1.14. The van der Waals surface area contributed by atoms with E-state index in [2.05, 4.69) is 50.0 Å². The Morgan fingerprint density at radius 2 is 1.79 bits per heavy atom. The normalized spacial score (nSPS) is 18.7. The first-order valence-corrected chi connectivity index (χ1v) is 7.63. The van der Waals surface area contributed by atoms with E-state index in [0.29, 0.717) is 0 Å². The number of aliphatic hydroxyl groups is 1. The lowest BCUT2D eigenvalue weighted by molar-refractivity contribution is 0.0167. The molecule has 0 amide bonds. The van der Waals surface area contributed by atoms with Crippen molar-refractivity contribution in [2.75, 3.05) is 32.7 Å². The van der Waals surface area contributed by atoms with Crippen molar-refractivity contribution in [3.05, 3.63) is 34.3 Å². The summed E-state index contributed by atoms with van der Waals surface area (Å²) >= 11 is 3.52. The number of piperazine rings is 1. The molecule has 0 aliphatic carbocycles. The predicted molar refractivity (Wildman–Crippen MR) is 82.2 cm³/mol. The third-order valence-electron chi connectivity index (χ3n) is 3.37. The van der Waals surface area contributed by atoms with Gasteiger partial charge in [0.25, 0.3) is 0 Å². The second kappa shape index (κ2) is 6.35. The maximum Gasteiger partial charge on any atom is 0.0718 e. The van der Waals surface area contributed by atoms with Crippen LogP contribution in [-0.4, -0.2) is 53.2 Å². The highest BCUT2D eigenvalue weighted by Crippen LogP contribution is 2.15. The minimum atomic E-state index is -0.591. The van der Waals surface area contributed by atoms with Crippen molar-refractivity contribution in [1.29, 1.82) is 0 Å². The SMILES string of the molecule is CC(C)(O)CN1CCN(Cc2cccc(Br)c2)CC1. The fourth-order valence-corrected chi connectivity index (χ4v) is 2.99. The molecular formula is C15H23BrN2O. The van der Waals surface area contributed by atoms with Crippen molar-refractivity contribution in [3.63, 3.8) is 0 Å². The van der Waals surface area contributed by atoms with Crippen LogP contribution in [-0.2, 0) is 6.54 Å². The number of hydrogen-bond acceptors (Lipinski definition) is 3. The van der Waals surface area contributed by atoms with E-state index in [0.717, 1.165) is 43.7 Å². The lowest BCUT2D eigenvalue weighted by Crippen LogP contribution is -2.50. The van der Waals surface area contributed by atoms with Crippen LogP contribution in [0, 0.1) is 0 Å². The Labute approximate surface area is 124 Å². The molecule has 1 aliphatic heterocycles. The van der Waals surface area contributed by atoms with E-state index in [9.17, 15) is 5.11 Å². The second-order valence-electron chi connectivity index (χ2n) is 5.99. The number of rotatable bonds is 4. The molecule has 1 saturated heterocycles. The van der Waals surface area contributed by atoms with Crippen LogP contribution < -0.4 is 0 Å². The molecule has 0 spiro atoms. The summed E-state index contributed by atoms with van der Waals surface area (Å²) in [6, 6.07) is 8.51. The fourth-order valence-electron chi connectivity index (χ4n) is 2.55. The van der Waals surface area contributed by atoms with E-state index < -0.39 is 5.60 Å². The molecule has 2 rings (SSSR count). The smallest absolute Gasteiger partial charge is 0.0718 e. The highest BCUT2D eigenvalue weighted by molar-refractivity contribution is 9.10. The van der Waals surface area contributed by atoms with E-state index >= 15 is 0 Å². The number of β-amino-alcohol motifs (C(OH)–C–C–N with tert-alkyl or cyclic N) is 1. The lowest BCUT2D eigenvalue weighted by atomic mass is 10.1. The molecule has 1 heterocycles. The molecule has 0 saturated carbocycles. The number of halogens is 1. The minimum absolute atomic E-state index is 0.591. The van der Waals surface area contributed by atoms with Gasteiger partial charge in [-0.2, -0.15) is 0 Å². The number of nitrogens with zero attached hydrogens (tertiary/aromatic N) is 2. The highest BCUT2D eigenvalue weighted by Gasteiger charge is 2.22. The van der Waals surface area contributed by atoms with Crippen molar-refractivity contribution in [3.8, 4) is 0 Å². The topological polar surface area (TPSA) is 26.7 Å². The Morgan fingerprint density at radius 1 is 1.16 bits per heavy atom. The van der Waals surface area contributed by atoms with Crippen LogP contribution >= 0.6 is 15.9 Å². The van der Waals surface area contributed by atoms with Crippen molar-refractivity contribution >= 4 is 15.9 Å². The molecule has 0 radical (unpaired) electrons. The first kappa shape index (κ1) is 15.0. The average molecular weight is 327 g/mol. The van der Waals surface area contributed by atoms with Crippen LogP contribution in [0.5, 0.6) is 0 Å². The van der Waals surface area contributed by atoms with Crippen LogP contribution in [0.2, 0.25) is 0 Å². The van der Waals surface area contributed by atoms with Crippen molar-refractivity contribution in [1.82, 2.24) is 9.80 Å². The maximum absolute atomic E-state index is 9.84. The van der Waals surface area contributed by atoms with Gasteiger partial charge < -0.3 is 5.11 Å². The Balaban J connectivity index is 1.80. The zero-order valence-electron chi connectivity index (χ0n) is 11.8. The molecule has 1 N–H and O–H groups in total. The predicted octanol–water partition coefficient (Wildman–Crippen LogP) is 2.34. The minimum Gasteiger partial charge on any atom is -0.389 e. The van der Waals surface area contributed by atoms with E-state index in [1.165, 1.54) is 5.56 Å². The summed E-state index contributed by atoms with van der Waals surface area (Å²) in [6.07, 6.45) is 0. The van der Waals surface area contributed by atoms with Gasteiger partial charge in [-0.25, -0.2) is 0 Å². The van der Waals surface area contributed by atoms with Gasteiger partial charge in [-0.3, -0.25) is 9.80 Å². The molecule has 4 heteroatoms. The summed E-state index contributed by atoms with van der Waals surface area (Å²) in [6.45, 7) is 9.75. The standard InChI is InChI=1S/C15H23BrN2O/c1-15(2,19)12-18-8-6-17(7-9-18)11-13-4-3-5-14(16)10-13/h3-5,10,19H,6-9,11-12H2,1-2H3. The summed E-state index contributed by atoms with van der Waals surface area (Å²) in [5, 5.41) is 9.84. The first-order valence-electron chi connectivity index (χ1n) is 6.84. The zero-order chi connectivity index (χ0) is 13.9. The van der Waals surface area contributed by atoms with Crippen molar-refractivity contribution in [2.45, 2.75) is 26.0 Å². The third kappa shape index (κ3) is 5.22. The maximum atomic E-state index is 9.84. The summed E-state index contributed by atoms with van der Waals surface area (Å²) in [5.74, 6) is 0. The average Bonchev–Trinajstić information content (AvgIpc) is 2.30. The van der Waals surface area contributed by atoms with Gasteiger partial charge >= 0.3 is 0 Å². The van der Waals surface area contributed by atoms with E-state index in [1.54, 1.807) is 0 Å². The molecule has 1 aromatic carbocycles. The molecule has 106 valence electrons. The van der Waals surface area contributed by atoms with E-state index in [-0.39, 0.29) is 0 Å².